The molecule has 0 aromatic heterocycles. The van der Waals surface area contributed by atoms with Crippen LogP contribution in [0, 0.1) is 11.8 Å². The standard InChI is InChI=1S/C36H44O2/c1-3-7-33(8-4-1)27-37-35-23-19-31(20-24-35)17-15-29-11-13-30(14-12-29)16-18-32-21-25-36(26-22-32)38-28-34-9-5-2-6-10-34/h3,5,7-10,19-26,29-30H,1-2,4,6,11-18,27-28H2. The fraction of sp³-hybridized carbons (Fsp3) is 0.444. The van der Waals surface area contributed by atoms with Crippen molar-refractivity contribution in [2.24, 2.45) is 11.8 Å². The van der Waals surface area contributed by atoms with Crippen molar-refractivity contribution in [1.29, 1.82) is 0 Å². The molecule has 1 fully saturated rings. The number of hydrogen-bond acceptors (Lipinski definition) is 2. The molecule has 2 aromatic rings. The van der Waals surface area contributed by atoms with Gasteiger partial charge in [0.15, 0.2) is 0 Å². The van der Waals surface area contributed by atoms with E-state index in [2.05, 4.69) is 85.0 Å². The van der Waals surface area contributed by atoms with Crippen LogP contribution in [-0.4, -0.2) is 13.2 Å². The zero-order chi connectivity index (χ0) is 25.8. The average Bonchev–Trinajstić information content (AvgIpc) is 2.99. The van der Waals surface area contributed by atoms with Gasteiger partial charge in [0.25, 0.3) is 0 Å². The first-order valence-corrected chi connectivity index (χ1v) is 14.9. The molecular formula is C36H44O2. The van der Waals surface area contributed by atoms with Crippen LogP contribution in [0.4, 0.5) is 0 Å². The molecule has 200 valence electrons. The fourth-order valence-electron chi connectivity index (χ4n) is 5.94. The molecule has 0 radical (unpaired) electrons. The summed E-state index contributed by atoms with van der Waals surface area (Å²) in [5.74, 6) is 3.73. The zero-order valence-corrected chi connectivity index (χ0v) is 23.0. The predicted octanol–water partition coefficient (Wildman–Crippen LogP) is 9.37. The fourth-order valence-corrected chi connectivity index (χ4v) is 5.94. The Hall–Kier alpha value is -3.00. The van der Waals surface area contributed by atoms with E-state index in [0.717, 1.165) is 49.0 Å². The number of rotatable bonds is 12. The number of ether oxygens (including phenoxy) is 2. The van der Waals surface area contributed by atoms with Crippen LogP contribution in [0.3, 0.4) is 0 Å². The van der Waals surface area contributed by atoms with E-state index in [0.29, 0.717) is 13.2 Å². The molecule has 0 saturated heterocycles. The van der Waals surface area contributed by atoms with Gasteiger partial charge in [-0.1, -0.05) is 86.4 Å². The molecule has 2 nitrogen and oxygen atoms in total. The summed E-state index contributed by atoms with van der Waals surface area (Å²) in [6.07, 6.45) is 28.6. The van der Waals surface area contributed by atoms with Crippen LogP contribution in [0.25, 0.3) is 0 Å². The Kier molecular flexibility index (Phi) is 9.97. The molecule has 2 aromatic carbocycles. The Balaban J connectivity index is 0.955. The first-order chi connectivity index (χ1) is 18.8. The second-order valence-corrected chi connectivity index (χ2v) is 11.3. The van der Waals surface area contributed by atoms with Crippen molar-refractivity contribution in [2.75, 3.05) is 13.2 Å². The summed E-state index contributed by atoms with van der Waals surface area (Å²) in [7, 11) is 0. The van der Waals surface area contributed by atoms with Gasteiger partial charge in [0, 0.05) is 0 Å². The zero-order valence-electron chi connectivity index (χ0n) is 23.0. The summed E-state index contributed by atoms with van der Waals surface area (Å²) in [6, 6.07) is 17.6. The van der Waals surface area contributed by atoms with Crippen LogP contribution < -0.4 is 9.47 Å². The van der Waals surface area contributed by atoms with Gasteiger partial charge in [-0.2, -0.15) is 0 Å². The normalized spacial score (nSPS) is 21.1. The summed E-state index contributed by atoms with van der Waals surface area (Å²) in [5, 5.41) is 0. The molecule has 0 spiro atoms. The Morgan fingerprint density at radius 3 is 1.32 bits per heavy atom. The van der Waals surface area contributed by atoms with Crippen LogP contribution in [0.2, 0.25) is 0 Å². The molecule has 5 rings (SSSR count). The van der Waals surface area contributed by atoms with Crippen LogP contribution in [0.5, 0.6) is 11.5 Å². The van der Waals surface area contributed by atoms with Crippen LogP contribution in [0.1, 0.15) is 75.3 Å². The van der Waals surface area contributed by atoms with Gasteiger partial charge in [0.05, 0.1) is 0 Å². The van der Waals surface area contributed by atoms with E-state index in [4.69, 9.17) is 9.47 Å². The van der Waals surface area contributed by atoms with E-state index in [1.54, 1.807) is 0 Å². The van der Waals surface area contributed by atoms with Crippen molar-refractivity contribution < 1.29 is 9.47 Å². The molecule has 3 aliphatic rings. The minimum Gasteiger partial charge on any atom is -0.489 e. The molecular weight excluding hydrogens is 464 g/mol. The lowest BCUT2D eigenvalue weighted by molar-refractivity contribution is 0.253. The van der Waals surface area contributed by atoms with Crippen LogP contribution >= 0.6 is 0 Å². The Bertz CT molecular complexity index is 1020. The van der Waals surface area contributed by atoms with Crippen molar-refractivity contribution in [3.05, 3.63) is 107 Å². The number of aryl methyl sites for hydroxylation is 2. The summed E-state index contributed by atoms with van der Waals surface area (Å²) in [5.41, 5.74) is 5.46. The van der Waals surface area contributed by atoms with Crippen LogP contribution in [-0.2, 0) is 12.8 Å². The van der Waals surface area contributed by atoms with Gasteiger partial charge in [0.1, 0.15) is 24.7 Å². The van der Waals surface area contributed by atoms with Gasteiger partial charge in [-0.3, -0.25) is 0 Å². The van der Waals surface area contributed by atoms with Gasteiger partial charge in [-0.15, -0.1) is 0 Å². The van der Waals surface area contributed by atoms with E-state index in [1.165, 1.54) is 73.6 Å². The van der Waals surface area contributed by atoms with Gasteiger partial charge >= 0.3 is 0 Å². The molecule has 3 aliphatic carbocycles. The molecule has 0 unspecified atom stereocenters. The van der Waals surface area contributed by atoms with Crippen molar-refractivity contribution in [3.63, 3.8) is 0 Å². The van der Waals surface area contributed by atoms with E-state index in [1.807, 2.05) is 0 Å². The largest absolute Gasteiger partial charge is 0.489 e. The van der Waals surface area contributed by atoms with Gasteiger partial charge in [-0.25, -0.2) is 0 Å². The highest BCUT2D eigenvalue weighted by atomic mass is 16.5. The molecule has 0 heterocycles. The molecule has 0 atom stereocenters. The molecule has 0 amide bonds. The number of allylic oxidation sites excluding steroid dienone is 4. The smallest absolute Gasteiger partial charge is 0.119 e. The maximum Gasteiger partial charge on any atom is 0.119 e. The summed E-state index contributed by atoms with van der Waals surface area (Å²) in [6.45, 7) is 1.35. The minimum absolute atomic E-state index is 0.676. The SMILES string of the molecule is C1=CC(COc2ccc(CCC3CCC(CCc4ccc(OCC5=CCCC=C5)cc4)CC3)cc2)=CCC1. The lowest BCUT2D eigenvalue weighted by Gasteiger charge is -2.28. The average molecular weight is 509 g/mol. The van der Waals surface area contributed by atoms with E-state index < -0.39 is 0 Å². The molecule has 0 N–H and O–H groups in total. The highest BCUT2D eigenvalue weighted by Gasteiger charge is 2.21. The summed E-state index contributed by atoms with van der Waals surface area (Å²) < 4.78 is 11.9. The highest BCUT2D eigenvalue weighted by Crippen LogP contribution is 2.34. The maximum absolute atomic E-state index is 5.97. The highest BCUT2D eigenvalue weighted by molar-refractivity contribution is 5.30. The molecule has 1 saturated carbocycles. The third-order valence-corrected chi connectivity index (χ3v) is 8.45. The van der Waals surface area contributed by atoms with Gasteiger partial charge in [0.2, 0.25) is 0 Å². The minimum atomic E-state index is 0.676. The molecule has 2 heteroatoms. The topological polar surface area (TPSA) is 18.5 Å². The maximum atomic E-state index is 5.97. The predicted molar refractivity (Wildman–Crippen MR) is 159 cm³/mol. The van der Waals surface area contributed by atoms with Crippen molar-refractivity contribution in [3.8, 4) is 11.5 Å². The van der Waals surface area contributed by atoms with E-state index >= 15 is 0 Å². The molecule has 0 bridgehead atoms. The van der Waals surface area contributed by atoms with Crippen molar-refractivity contribution >= 4 is 0 Å². The Morgan fingerprint density at radius 1 is 0.526 bits per heavy atom. The van der Waals surface area contributed by atoms with Gasteiger partial charge < -0.3 is 9.47 Å². The first-order valence-electron chi connectivity index (χ1n) is 14.9. The number of hydrogen-bond donors (Lipinski definition) is 0. The third kappa shape index (κ3) is 8.51. The molecule has 0 aliphatic heterocycles. The number of benzene rings is 2. The second kappa shape index (κ2) is 14.2. The van der Waals surface area contributed by atoms with Crippen LogP contribution in [0.15, 0.2) is 96.1 Å². The Labute approximate surface area is 230 Å². The van der Waals surface area contributed by atoms with E-state index in [9.17, 15) is 0 Å². The second-order valence-electron chi connectivity index (χ2n) is 11.3. The monoisotopic (exact) mass is 508 g/mol. The van der Waals surface area contributed by atoms with E-state index in [-0.39, 0.29) is 0 Å². The lowest BCUT2D eigenvalue weighted by Crippen LogP contribution is -2.15. The third-order valence-electron chi connectivity index (χ3n) is 8.45. The lowest BCUT2D eigenvalue weighted by atomic mass is 9.77. The van der Waals surface area contributed by atoms with Gasteiger partial charge in [-0.05, 0) is 110 Å². The molecule has 38 heavy (non-hydrogen) atoms. The first kappa shape index (κ1) is 26.6. The van der Waals surface area contributed by atoms with Crippen molar-refractivity contribution in [1.82, 2.24) is 0 Å². The quantitative estimate of drug-likeness (QED) is 0.284. The van der Waals surface area contributed by atoms with Crippen molar-refractivity contribution in [2.45, 2.75) is 77.0 Å². The summed E-state index contributed by atoms with van der Waals surface area (Å²) in [4.78, 5) is 0. The summed E-state index contributed by atoms with van der Waals surface area (Å²) >= 11 is 0. The Morgan fingerprint density at radius 2 is 0.947 bits per heavy atom.